The van der Waals surface area contributed by atoms with Gasteiger partial charge >= 0.3 is 0 Å². The van der Waals surface area contributed by atoms with E-state index in [1.807, 2.05) is 11.3 Å². The summed E-state index contributed by atoms with van der Waals surface area (Å²) in [5, 5.41) is 2.28. The van der Waals surface area contributed by atoms with Crippen molar-refractivity contribution in [1.82, 2.24) is 0 Å². The fourth-order valence-corrected chi connectivity index (χ4v) is 3.24. The molecule has 0 fully saturated rings. The monoisotopic (exact) mass is 252 g/mol. The minimum atomic E-state index is 1.31. The van der Waals surface area contributed by atoms with Crippen LogP contribution >= 0.6 is 11.3 Å². The van der Waals surface area contributed by atoms with Gasteiger partial charge in [0.15, 0.2) is 0 Å². The van der Waals surface area contributed by atoms with Crippen LogP contribution in [0.3, 0.4) is 0 Å². The van der Waals surface area contributed by atoms with Gasteiger partial charge in [-0.25, -0.2) is 0 Å². The zero-order chi connectivity index (χ0) is 12.3. The van der Waals surface area contributed by atoms with Crippen molar-refractivity contribution in [1.29, 1.82) is 0 Å². The normalized spacial score (nSPS) is 10.9. The molecule has 0 aliphatic rings. The Balaban J connectivity index is 2.22. The Morgan fingerprint density at radius 3 is 2.12 bits per heavy atom. The summed E-state index contributed by atoms with van der Waals surface area (Å²) in [6.07, 6.45) is 13.7. The molecule has 1 aromatic heterocycles. The second-order valence-corrected chi connectivity index (χ2v) is 5.99. The Labute approximate surface area is 111 Å². The molecule has 0 saturated carbocycles. The minimum Gasteiger partial charge on any atom is -0.149 e. The molecule has 0 aliphatic heterocycles. The predicted molar refractivity (Wildman–Crippen MR) is 80.0 cm³/mol. The summed E-state index contributed by atoms with van der Waals surface area (Å²) < 4.78 is 0. The molecule has 1 aromatic rings. The van der Waals surface area contributed by atoms with Crippen LogP contribution in [0.2, 0.25) is 0 Å². The van der Waals surface area contributed by atoms with Crippen molar-refractivity contribution in [3.05, 3.63) is 21.9 Å². The first-order chi connectivity index (χ1) is 8.38. The highest BCUT2D eigenvalue weighted by atomic mass is 32.1. The molecule has 98 valence electrons. The van der Waals surface area contributed by atoms with Gasteiger partial charge < -0.3 is 0 Å². The molecule has 0 unspecified atom stereocenters. The van der Waals surface area contributed by atoms with E-state index in [2.05, 4.69) is 25.3 Å². The van der Waals surface area contributed by atoms with Gasteiger partial charge in [-0.05, 0) is 42.7 Å². The molecule has 0 aromatic carbocycles. The van der Waals surface area contributed by atoms with Crippen LogP contribution in [0.25, 0.3) is 0 Å². The van der Waals surface area contributed by atoms with Gasteiger partial charge in [-0.15, -0.1) is 11.3 Å². The maximum atomic E-state index is 2.35. The van der Waals surface area contributed by atoms with Gasteiger partial charge in [-0.2, -0.15) is 0 Å². The number of hydrogen-bond donors (Lipinski definition) is 0. The fraction of sp³-hybridized carbons (Fsp3) is 0.750. The molecule has 1 heterocycles. The third kappa shape index (κ3) is 6.26. The van der Waals surface area contributed by atoms with E-state index >= 15 is 0 Å². The van der Waals surface area contributed by atoms with Crippen LogP contribution in [0.15, 0.2) is 11.4 Å². The molecule has 1 rings (SSSR count). The predicted octanol–water partition coefficient (Wildman–Crippen LogP) is 5.99. The maximum absolute atomic E-state index is 2.35. The quantitative estimate of drug-likeness (QED) is 0.448. The van der Waals surface area contributed by atoms with E-state index in [0.29, 0.717) is 0 Å². The molecule has 17 heavy (non-hydrogen) atoms. The van der Waals surface area contributed by atoms with Gasteiger partial charge in [0.2, 0.25) is 0 Å². The molecule has 0 aliphatic carbocycles. The second-order valence-electron chi connectivity index (χ2n) is 4.99. The van der Waals surface area contributed by atoms with Crippen LogP contribution in [0.1, 0.15) is 75.7 Å². The third-order valence-electron chi connectivity index (χ3n) is 3.39. The molecule has 0 spiro atoms. The van der Waals surface area contributed by atoms with Gasteiger partial charge in [-0.3, -0.25) is 0 Å². The molecular formula is C16H28S. The number of aryl methyl sites for hydroxylation is 2. The van der Waals surface area contributed by atoms with E-state index in [-0.39, 0.29) is 0 Å². The van der Waals surface area contributed by atoms with Crippen LogP contribution in [-0.2, 0) is 12.8 Å². The highest BCUT2D eigenvalue weighted by Gasteiger charge is 2.03. The summed E-state index contributed by atoms with van der Waals surface area (Å²) in [6.45, 7) is 4.56. The summed E-state index contributed by atoms with van der Waals surface area (Å²) >= 11 is 1.97. The van der Waals surface area contributed by atoms with Crippen LogP contribution in [0.4, 0.5) is 0 Å². The van der Waals surface area contributed by atoms with Gasteiger partial charge in [0.25, 0.3) is 0 Å². The molecule has 0 saturated heterocycles. The van der Waals surface area contributed by atoms with E-state index in [0.717, 1.165) is 0 Å². The van der Waals surface area contributed by atoms with Crippen molar-refractivity contribution in [2.45, 2.75) is 78.1 Å². The van der Waals surface area contributed by atoms with Gasteiger partial charge in [-0.1, -0.05) is 52.4 Å². The van der Waals surface area contributed by atoms with Crippen molar-refractivity contribution in [2.75, 3.05) is 0 Å². The average molecular weight is 252 g/mol. The molecule has 0 amide bonds. The van der Waals surface area contributed by atoms with Crippen LogP contribution in [0, 0.1) is 0 Å². The van der Waals surface area contributed by atoms with Crippen molar-refractivity contribution >= 4 is 11.3 Å². The maximum Gasteiger partial charge on any atom is 0.00772 e. The standard InChI is InChI=1S/C16H28S/c1-3-5-7-9-11-15-13-14-17-16(15)12-10-8-6-4-2/h13-14H,3-12H2,1-2H3. The molecule has 0 N–H and O–H groups in total. The first-order valence-electron chi connectivity index (χ1n) is 7.43. The van der Waals surface area contributed by atoms with E-state index in [1.165, 1.54) is 64.2 Å². The molecule has 0 bridgehead atoms. The molecule has 0 nitrogen and oxygen atoms in total. The summed E-state index contributed by atoms with van der Waals surface area (Å²) in [5.74, 6) is 0. The van der Waals surface area contributed by atoms with Crippen molar-refractivity contribution < 1.29 is 0 Å². The topological polar surface area (TPSA) is 0 Å². The lowest BCUT2D eigenvalue weighted by Crippen LogP contribution is -1.90. The van der Waals surface area contributed by atoms with Crippen molar-refractivity contribution in [3.8, 4) is 0 Å². The van der Waals surface area contributed by atoms with Crippen LogP contribution < -0.4 is 0 Å². The Morgan fingerprint density at radius 2 is 1.47 bits per heavy atom. The number of rotatable bonds is 10. The molecular weight excluding hydrogens is 224 g/mol. The Kier molecular flexibility index (Phi) is 8.42. The van der Waals surface area contributed by atoms with Gasteiger partial charge in [0, 0.05) is 4.88 Å². The first kappa shape index (κ1) is 14.8. The Morgan fingerprint density at radius 1 is 0.824 bits per heavy atom. The Hall–Kier alpha value is -0.300. The number of thiophene rings is 1. The Bertz CT molecular complexity index is 248. The average Bonchev–Trinajstić information content (AvgIpc) is 2.78. The second kappa shape index (κ2) is 9.70. The van der Waals surface area contributed by atoms with Crippen LogP contribution in [-0.4, -0.2) is 0 Å². The van der Waals surface area contributed by atoms with Crippen LogP contribution in [0.5, 0.6) is 0 Å². The van der Waals surface area contributed by atoms with E-state index in [9.17, 15) is 0 Å². The summed E-state index contributed by atoms with van der Waals surface area (Å²) in [6, 6.07) is 2.35. The van der Waals surface area contributed by atoms with E-state index in [4.69, 9.17) is 0 Å². The number of hydrogen-bond acceptors (Lipinski definition) is 1. The summed E-state index contributed by atoms with van der Waals surface area (Å²) in [5.41, 5.74) is 1.64. The lowest BCUT2D eigenvalue weighted by atomic mass is 10.0. The lowest BCUT2D eigenvalue weighted by Gasteiger charge is -2.04. The largest absolute Gasteiger partial charge is 0.149 e. The zero-order valence-corrected chi connectivity index (χ0v) is 12.5. The smallest absolute Gasteiger partial charge is 0.00772 e. The van der Waals surface area contributed by atoms with E-state index < -0.39 is 0 Å². The SMILES string of the molecule is CCCCCCc1ccsc1CCCCCC. The van der Waals surface area contributed by atoms with Gasteiger partial charge in [0.1, 0.15) is 0 Å². The molecule has 0 atom stereocenters. The highest BCUT2D eigenvalue weighted by Crippen LogP contribution is 2.22. The third-order valence-corrected chi connectivity index (χ3v) is 4.42. The van der Waals surface area contributed by atoms with E-state index in [1.54, 1.807) is 10.4 Å². The fourth-order valence-electron chi connectivity index (χ4n) is 2.26. The first-order valence-corrected chi connectivity index (χ1v) is 8.31. The van der Waals surface area contributed by atoms with Crippen molar-refractivity contribution in [2.24, 2.45) is 0 Å². The lowest BCUT2D eigenvalue weighted by molar-refractivity contribution is 0.654. The van der Waals surface area contributed by atoms with Gasteiger partial charge in [0.05, 0.1) is 0 Å². The summed E-state index contributed by atoms with van der Waals surface area (Å²) in [7, 11) is 0. The number of unbranched alkanes of at least 4 members (excludes halogenated alkanes) is 6. The van der Waals surface area contributed by atoms with Crippen molar-refractivity contribution in [3.63, 3.8) is 0 Å². The zero-order valence-electron chi connectivity index (χ0n) is 11.6. The highest BCUT2D eigenvalue weighted by molar-refractivity contribution is 7.10. The molecule has 1 heteroatoms. The minimum absolute atomic E-state index is 1.31. The summed E-state index contributed by atoms with van der Waals surface area (Å²) in [4.78, 5) is 1.66. The molecule has 0 radical (unpaired) electrons.